The zero-order valence-corrected chi connectivity index (χ0v) is 13.3. The molecule has 0 aliphatic rings. The molecule has 21 heavy (non-hydrogen) atoms. The van der Waals surface area contributed by atoms with Gasteiger partial charge in [-0.1, -0.05) is 0 Å². The number of ether oxygens (including phenoxy) is 3. The standard InChI is InChI=1S/C13H26N2O6/c1-6-20-9-8-12(14,11(18)19-5)13(10(16)17,15(3)4)21-7-2/h6-9,14H2,1-5H3,(H,16,17). The first-order valence-electron chi connectivity index (χ1n) is 6.74. The molecule has 2 unspecified atom stereocenters. The predicted octanol–water partition coefficient (Wildman–Crippen LogP) is -0.337. The van der Waals surface area contributed by atoms with Crippen LogP contribution in [0.25, 0.3) is 0 Å². The number of carbonyl (C=O) groups is 2. The summed E-state index contributed by atoms with van der Waals surface area (Å²) in [4.78, 5) is 25.3. The minimum absolute atomic E-state index is 0.0575. The topological polar surface area (TPSA) is 111 Å². The Morgan fingerprint density at radius 3 is 2.14 bits per heavy atom. The van der Waals surface area contributed by atoms with E-state index in [9.17, 15) is 14.7 Å². The minimum atomic E-state index is -2.05. The van der Waals surface area contributed by atoms with E-state index < -0.39 is 23.2 Å². The highest BCUT2D eigenvalue weighted by Gasteiger charge is 2.63. The molecule has 0 saturated heterocycles. The third-order valence-electron chi connectivity index (χ3n) is 3.27. The quantitative estimate of drug-likeness (QED) is 0.320. The van der Waals surface area contributed by atoms with Crippen molar-refractivity contribution in [2.75, 3.05) is 41.0 Å². The highest BCUT2D eigenvalue weighted by molar-refractivity contribution is 5.92. The maximum atomic E-state index is 12.2. The van der Waals surface area contributed by atoms with E-state index in [4.69, 9.17) is 19.9 Å². The number of carboxylic acid groups (broad SMARTS) is 1. The van der Waals surface area contributed by atoms with Crippen molar-refractivity contribution in [1.82, 2.24) is 4.90 Å². The number of likely N-dealkylation sites (N-methyl/N-ethyl adjacent to an activating group) is 1. The van der Waals surface area contributed by atoms with Crippen LogP contribution in [0, 0.1) is 0 Å². The van der Waals surface area contributed by atoms with E-state index in [0.717, 1.165) is 7.11 Å². The van der Waals surface area contributed by atoms with Crippen LogP contribution in [0.4, 0.5) is 0 Å². The monoisotopic (exact) mass is 306 g/mol. The van der Waals surface area contributed by atoms with Gasteiger partial charge in [0.1, 0.15) is 0 Å². The maximum Gasteiger partial charge on any atom is 0.354 e. The van der Waals surface area contributed by atoms with Crippen LogP contribution in [0.5, 0.6) is 0 Å². The van der Waals surface area contributed by atoms with Crippen molar-refractivity contribution in [2.45, 2.75) is 31.5 Å². The SMILES string of the molecule is CCOCCC(N)(C(=O)OC)C(OCC)(C(=O)O)N(C)C. The molecule has 0 rings (SSSR count). The molecule has 0 radical (unpaired) electrons. The van der Waals surface area contributed by atoms with Gasteiger partial charge >= 0.3 is 11.9 Å². The molecule has 0 aromatic carbocycles. The molecular weight excluding hydrogens is 280 g/mol. The van der Waals surface area contributed by atoms with Crippen LogP contribution >= 0.6 is 0 Å². The van der Waals surface area contributed by atoms with Gasteiger partial charge in [-0.25, -0.2) is 9.59 Å². The van der Waals surface area contributed by atoms with Crippen LogP contribution in [0.2, 0.25) is 0 Å². The van der Waals surface area contributed by atoms with Gasteiger partial charge in [0.15, 0.2) is 5.54 Å². The van der Waals surface area contributed by atoms with Crippen LogP contribution in [0.3, 0.4) is 0 Å². The van der Waals surface area contributed by atoms with Crippen molar-refractivity contribution in [3.05, 3.63) is 0 Å². The fourth-order valence-electron chi connectivity index (χ4n) is 2.28. The van der Waals surface area contributed by atoms with E-state index in [1.807, 2.05) is 0 Å². The molecule has 0 aliphatic carbocycles. The number of methoxy groups -OCH3 is 1. The Balaban J connectivity index is 5.88. The van der Waals surface area contributed by atoms with Crippen LogP contribution in [0.1, 0.15) is 20.3 Å². The Bertz CT molecular complexity index is 363. The smallest absolute Gasteiger partial charge is 0.354 e. The van der Waals surface area contributed by atoms with Gasteiger partial charge in [-0.2, -0.15) is 0 Å². The molecule has 124 valence electrons. The highest BCUT2D eigenvalue weighted by atomic mass is 16.6. The van der Waals surface area contributed by atoms with Crippen LogP contribution in [-0.4, -0.2) is 74.2 Å². The van der Waals surface area contributed by atoms with Crippen molar-refractivity contribution in [3.63, 3.8) is 0 Å². The summed E-state index contributed by atoms with van der Waals surface area (Å²) in [6.07, 6.45) is -0.0575. The van der Waals surface area contributed by atoms with E-state index >= 15 is 0 Å². The average Bonchev–Trinajstić information content (AvgIpc) is 2.42. The molecule has 0 bridgehead atoms. The second-order valence-corrected chi connectivity index (χ2v) is 4.69. The highest BCUT2D eigenvalue weighted by Crippen LogP contribution is 2.32. The number of esters is 1. The van der Waals surface area contributed by atoms with Crippen molar-refractivity contribution < 1.29 is 28.9 Å². The second-order valence-electron chi connectivity index (χ2n) is 4.69. The number of nitrogens with two attached hydrogens (primary N) is 1. The summed E-state index contributed by atoms with van der Waals surface area (Å²) in [6.45, 7) is 4.01. The summed E-state index contributed by atoms with van der Waals surface area (Å²) >= 11 is 0. The molecule has 3 N–H and O–H groups in total. The van der Waals surface area contributed by atoms with E-state index in [0.29, 0.717) is 6.61 Å². The van der Waals surface area contributed by atoms with Gasteiger partial charge < -0.3 is 25.1 Å². The summed E-state index contributed by atoms with van der Waals surface area (Å²) < 4.78 is 15.3. The minimum Gasteiger partial charge on any atom is -0.478 e. The molecule has 8 heteroatoms. The first-order valence-corrected chi connectivity index (χ1v) is 6.74. The van der Waals surface area contributed by atoms with E-state index in [-0.39, 0.29) is 19.6 Å². The Morgan fingerprint density at radius 1 is 1.24 bits per heavy atom. The molecule has 0 saturated carbocycles. The number of carboxylic acids is 1. The van der Waals surface area contributed by atoms with Crippen molar-refractivity contribution in [1.29, 1.82) is 0 Å². The zero-order valence-electron chi connectivity index (χ0n) is 13.3. The summed E-state index contributed by atoms with van der Waals surface area (Å²) in [5.41, 5.74) is 2.19. The fourth-order valence-corrected chi connectivity index (χ4v) is 2.28. The Kier molecular flexibility index (Phi) is 7.80. The summed E-state index contributed by atoms with van der Waals surface area (Å²) in [5, 5.41) is 9.67. The largest absolute Gasteiger partial charge is 0.478 e. The molecule has 0 heterocycles. The lowest BCUT2D eigenvalue weighted by atomic mass is 9.82. The number of carbonyl (C=O) groups excluding carboxylic acids is 1. The number of hydrogen-bond acceptors (Lipinski definition) is 7. The number of rotatable bonds is 10. The first kappa shape index (κ1) is 19.8. The van der Waals surface area contributed by atoms with Crippen LogP contribution in [-0.2, 0) is 23.8 Å². The second kappa shape index (κ2) is 8.28. The van der Waals surface area contributed by atoms with Gasteiger partial charge in [0.2, 0.25) is 5.72 Å². The van der Waals surface area contributed by atoms with Gasteiger partial charge in [-0.3, -0.25) is 4.90 Å². The van der Waals surface area contributed by atoms with Crippen molar-refractivity contribution >= 4 is 11.9 Å². The Hall–Kier alpha value is -1.22. The molecule has 0 fully saturated rings. The molecule has 0 aromatic heterocycles. The number of nitrogens with zero attached hydrogens (tertiary/aromatic N) is 1. The molecular formula is C13H26N2O6. The first-order chi connectivity index (χ1) is 9.74. The van der Waals surface area contributed by atoms with Gasteiger partial charge in [0.25, 0.3) is 0 Å². The van der Waals surface area contributed by atoms with E-state index in [2.05, 4.69) is 0 Å². The average molecular weight is 306 g/mol. The normalized spacial score (nSPS) is 17.1. The third kappa shape index (κ3) is 3.70. The lowest BCUT2D eigenvalue weighted by Gasteiger charge is -2.46. The van der Waals surface area contributed by atoms with Gasteiger partial charge in [-0.05, 0) is 27.9 Å². The van der Waals surface area contributed by atoms with Gasteiger partial charge in [0.05, 0.1) is 7.11 Å². The molecule has 0 aromatic rings. The summed E-state index contributed by atoms with van der Waals surface area (Å²) in [6, 6.07) is 0. The molecule has 8 nitrogen and oxygen atoms in total. The third-order valence-corrected chi connectivity index (χ3v) is 3.27. The summed E-state index contributed by atoms with van der Waals surface area (Å²) in [7, 11) is 4.11. The maximum absolute atomic E-state index is 12.2. The number of aliphatic carboxylic acids is 1. The van der Waals surface area contributed by atoms with Crippen molar-refractivity contribution in [3.8, 4) is 0 Å². The van der Waals surface area contributed by atoms with Gasteiger partial charge in [0, 0.05) is 26.2 Å². The van der Waals surface area contributed by atoms with Crippen LogP contribution in [0.15, 0.2) is 0 Å². The predicted molar refractivity (Wildman–Crippen MR) is 75.7 cm³/mol. The van der Waals surface area contributed by atoms with Crippen molar-refractivity contribution in [2.24, 2.45) is 5.73 Å². The van der Waals surface area contributed by atoms with Gasteiger partial charge in [-0.15, -0.1) is 0 Å². The Labute approximate surface area is 125 Å². The van der Waals surface area contributed by atoms with E-state index in [1.54, 1.807) is 13.8 Å². The van der Waals surface area contributed by atoms with E-state index in [1.165, 1.54) is 19.0 Å². The molecule has 0 spiro atoms. The lowest BCUT2D eigenvalue weighted by molar-refractivity contribution is -0.219. The molecule has 0 amide bonds. The summed E-state index contributed by atoms with van der Waals surface area (Å²) in [5.74, 6) is -2.23. The van der Waals surface area contributed by atoms with Crippen LogP contribution < -0.4 is 5.73 Å². The lowest BCUT2D eigenvalue weighted by Crippen LogP contribution is -2.76. The number of hydrogen-bond donors (Lipinski definition) is 2. The Morgan fingerprint density at radius 2 is 1.81 bits per heavy atom. The zero-order chi connectivity index (χ0) is 16.7. The molecule has 2 atom stereocenters. The fraction of sp³-hybridized carbons (Fsp3) is 0.846. The molecule has 0 aliphatic heterocycles.